The van der Waals surface area contributed by atoms with Crippen LogP contribution in [-0.4, -0.2) is 25.2 Å². The van der Waals surface area contributed by atoms with Crippen LogP contribution in [-0.2, 0) is 11.2 Å². The molecule has 1 aliphatic rings. The molecule has 120 valence electrons. The summed E-state index contributed by atoms with van der Waals surface area (Å²) in [5.74, 6) is 1.53. The van der Waals surface area contributed by atoms with Crippen LogP contribution in [0.2, 0.25) is 0 Å². The van der Waals surface area contributed by atoms with Crippen LogP contribution in [0.1, 0.15) is 17.5 Å². The van der Waals surface area contributed by atoms with Gasteiger partial charge in [-0.1, -0.05) is 42.0 Å². The minimum atomic E-state index is -0.145. The Kier molecular flexibility index (Phi) is 4.81. The van der Waals surface area contributed by atoms with Crippen molar-refractivity contribution in [3.05, 3.63) is 59.7 Å². The molecule has 0 saturated carbocycles. The number of hydrogen-bond acceptors (Lipinski definition) is 3. The number of carbonyl (C=O) groups excluding carboxylic acids is 1. The maximum Gasteiger partial charge on any atom is 0.220 e. The normalized spacial score (nSPS) is 16.0. The van der Waals surface area contributed by atoms with Crippen LogP contribution in [0.25, 0.3) is 0 Å². The average molecular weight is 311 g/mol. The van der Waals surface area contributed by atoms with Gasteiger partial charge in [-0.2, -0.15) is 0 Å². The van der Waals surface area contributed by atoms with E-state index in [4.69, 9.17) is 9.47 Å². The van der Waals surface area contributed by atoms with Crippen molar-refractivity contribution in [3.63, 3.8) is 0 Å². The van der Waals surface area contributed by atoms with Crippen LogP contribution in [0, 0.1) is 6.92 Å². The average Bonchev–Trinajstić information content (AvgIpc) is 2.59. The molecule has 0 saturated heterocycles. The van der Waals surface area contributed by atoms with Gasteiger partial charge < -0.3 is 14.8 Å². The summed E-state index contributed by atoms with van der Waals surface area (Å²) < 4.78 is 11.5. The Morgan fingerprint density at radius 1 is 1.13 bits per heavy atom. The fourth-order valence-corrected chi connectivity index (χ4v) is 2.49. The highest BCUT2D eigenvalue weighted by molar-refractivity contribution is 5.76. The molecule has 0 bridgehead atoms. The molecule has 0 fully saturated rings. The van der Waals surface area contributed by atoms with Crippen molar-refractivity contribution in [1.82, 2.24) is 5.32 Å². The lowest BCUT2D eigenvalue weighted by molar-refractivity contribution is -0.121. The predicted octanol–water partition coefficient (Wildman–Crippen LogP) is 2.88. The van der Waals surface area contributed by atoms with Crippen molar-refractivity contribution < 1.29 is 14.3 Å². The SMILES string of the molecule is Cc1ccc(CCC(=O)NC[C@H]2COc3ccccc3O2)cc1. The van der Waals surface area contributed by atoms with Gasteiger partial charge in [-0.05, 0) is 31.0 Å². The summed E-state index contributed by atoms with van der Waals surface area (Å²) in [5.41, 5.74) is 2.41. The lowest BCUT2D eigenvalue weighted by Gasteiger charge is -2.26. The number of hydrogen-bond donors (Lipinski definition) is 1. The van der Waals surface area contributed by atoms with Crippen molar-refractivity contribution in [1.29, 1.82) is 0 Å². The first-order chi connectivity index (χ1) is 11.2. The van der Waals surface area contributed by atoms with E-state index in [0.717, 1.165) is 17.9 Å². The zero-order valence-electron chi connectivity index (χ0n) is 13.2. The van der Waals surface area contributed by atoms with Gasteiger partial charge in [0.1, 0.15) is 12.7 Å². The zero-order valence-corrected chi connectivity index (χ0v) is 13.2. The molecule has 2 aromatic rings. The van der Waals surface area contributed by atoms with Gasteiger partial charge in [-0.3, -0.25) is 4.79 Å². The molecule has 0 aromatic heterocycles. The van der Waals surface area contributed by atoms with Crippen LogP contribution in [0.4, 0.5) is 0 Å². The number of fused-ring (bicyclic) bond motifs is 1. The molecular weight excluding hydrogens is 290 g/mol. The summed E-state index contributed by atoms with van der Waals surface area (Å²) in [6.45, 7) is 2.97. The second-order valence-corrected chi connectivity index (χ2v) is 5.79. The highest BCUT2D eigenvalue weighted by atomic mass is 16.6. The minimum Gasteiger partial charge on any atom is -0.486 e. The molecule has 23 heavy (non-hydrogen) atoms. The molecule has 0 spiro atoms. The zero-order chi connectivity index (χ0) is 16.1. The van der Waals surface area contributed by atoms with Gasteiger partial charge >= 0.3 is 0 Å². The highest BCUT2D eigenvalue weighted by Gasteiger charge is 2.20. The number of amides is 1. The number of ether oxygens (including phenoxy) is 2. The molecular formula is C19H21NO3. The molecule has 2 aromatic carbocycles. The summed E-state index contributed by atoms with van der Waals surface area (Å²) in [5, 5.41) is 2.92. The largest absolute Gasteiger partial charge is 0.486 e. The Morgan fingerprint density at radius 3 is 2.65 bits per heavy atom. The quantitative estimate of drug-likeness (QED) is 0.923. The van der Waals surface area contributed by atoms with Gasteiger partial charge in [-0.15, -0.1) is 0 Å². The second-order valence-electron chi connectivity index (χ2n) is 5.79. The summed E-state index contributed by atoms with van der Waals surface area (Å²) >= 11 is 0. The number of carbonyl (C=O) groups is 1. The van der Waals surface area contributed by atoms with E-state index in [1.807, 2.05) is 24.3 Å². The number of aryl methyl sites for hydroxylation is 2. The van der Waals surface area contributed by atoms with E-state index < -0.39 is 0 Å². The standard InChI is InChI=1S/C19H21NO3/c1-14-6-8-15(9-7-14)10-11-19(21)20-12-16-13-22-17-4-2-3-5-18(17)23-16/h2-9,16H,10-13H2,1H3,(H,20,21)/t16-/m0/s1. The Labute approximate surface area is 136 Å². The molecule has 3 rings (SSSR count). The van der Waals surface area contributed by atoms with Gasteiger partial charge in [0, 0.05) is 6.42 Å². The molecule has 1 amide bonds. The molecule has 0 aliphatic carbocycles. The molecule has 4 nitrogen and oxygen atoms in total. The maximum atomic E-state index is 12.0. The van der Waals surface area contributed by atoms with Gasteiger partial charge in [0.15, 0.2) is 11.5 Å². The van der Waals surface area contributed by atoms with Crippen molar-refractivity contribution in [2.24, 2.45) is 0 Å². The Bertz CT molecular complexity index is 667. The van der Waals surface area contributed by atoms with Crippen LogP contribution in [0.15, 0.2) is 48.5 Å². The number of rotatable bonds is 5. The number of benzene rings is 2. The lowest BCUT2D eigenvalue weighted by atomic mass is 10.1. The van der Waals surface area contributed by atoms with Gasteiger partial charge in [0.05, 0.1) is 6.54 Å². The second kappa shape index (κ2) is 7.18. The van der Waals surface area contributed by atoms with E-state index in [2.05, 4.69) is 36.5 Å². The summed E-state index contributed by atoms with van der Waals surface area (Å²) in [6.07, 6.45) is 1.08. The fourth-order valence-electron chi connectivity index (χ4n) is 2.49. The third-order valence-electron chi connectivity index (χ3n) is 3.86. The van der Waals surface area contributed by atoms with Gasteiger partial charge in [0.2, 0.25) is 5.91 Å². The summed E-state index contributed by atoms with van der Waals surface area (Å²) in [7, 11) is 0. The minimum absolute atomic E-state index is 0.0352. The molecule has 1 atom stereocenters. The molecule has 0 unspecified atom stereocenters. The van der Waals surface area contributed by atoms with Gasteiger partial charge in [0.25, 0.3) is 0 Å². The van der Waals surface area contributed by atoms with E-state index in [-0.39, 0.29) is 12.0 Å². The topological polar surface area (TPSA) is 47.6 Å². The van der Waals surface area contributed by atoms with Crippen LogP contribution >= 0.6 is 0 Å². The summed E-state index contributed by atoms with van der Waals surface area (Å²) in [4.78, 5) is 12.0. The Morgan fingerprint density at radius 2 is 1.87 bits per heavy atom. The number of para-hydroxylation sites is 2. The number of nitrogens with one attached hydrogen (secondary N) is 1. The summed E-state index contributed by atoms with van der Waals surface area (Å²) in [6, 6.07) is 15.8. The lowest BCUT2D eigenvalue weighted by Crippen LogP contribution is -2.40. The van der Waals surface area contributed by atoms with Gasteiger partial charge in [-0.25, -0.2) is 0 Å². The van der Waals surface area contributed by atoms with E-state index >= 15 is 0 Å². The monoisotopic (exact) mass is 311 g/mol. The van der Waals surface area contributed by atoms with E-state index in [1.165, 1.54) is 11.1 Å². The molecule has 0 radical (unpaired) electrons. The highest BCUT2D eigenvalue weighted by Crippen LogP contribution is 2.30. The molecule has 1 aliphatic heterocycles. The van der Waals surface area contributed by atoms with E-state index in [9.17, 15) is 4.79 Å². The maximum absolute atomic E-state index is 12.0. The first kappa shape index (κ1) is 15.4. The van der Waals surface area contributed by atoms with E-state index in [0.29, 0.717) is 19.6 Å². The third kappa shape index (κ3) is 4.25. The van der Waals surface area contributed by atoms with Crippen LogP contribution < -0.4 is 14.8 Å². The predicted molar refractivity (Wildman–Crippen MR) is 88.9 cm³/mol. The first-order valence-electron chi connectivity index (χ1n) is 7.91. The van der Waals surface area contributed by atoms with Crippen molar-refractivity contribution in [2.75, 3.05) is 13.2 Å². The van der Waals surface area contributed by atoms with Crippen LogP contribution in [0.3, 0.4) is 0 Å². The first-order valence-corrected chi connectivity index (χ1v) is 7.91. The Hall–Kier alpha value is -2.49. The van der Waals surface area contributed by atoms with Crippen molar-refractivity contribution in [3.8, 4) is 11.5 Å². The molecule has 4 heteroatoms. The third-order valence-corrected chi connectivity index (χ3v) is 3.86. The fraction of sp³-hybridized carbons (Fsp3) is 0.316. The smallest absolute Gasteiger partial charge is 0.220 e. The van der Waals surface area contributed by atoms with E-state index in [1.54, 1.807) is 0 Å². The van der Waals surface area contributed by atoms with Crippen LogP contribution in [0.5, 0.6) is 11.5 Å². The molecule has 1 heterocycles. The molecule has 1 N–H and O–H groups in total. The van der Waals surface area contributed by atoms with Crippen molar-refractivity contribution >= 4 is 5.91 Å². The van der Waals surface area contributed by atoms with Crippen molar-refractivity contribution in [2.45, 2.75) is 25.9 Å². The Balaban J connectivity index is 1.42.